The number of rotatable bonds is 6. The summed E-state index contributed by atoms with van der Waals surface area (Å²) < 4.78 is 11.5. The van der Waals surface area contributed by atoms with Gasteiger partial charge in [-0.25, -0.2) is 4.98 Å². The average molecular weight is 341 g/mol. The minimum atomic E-state index is -0.476. The smallest absolute Gasteiger partial charge is 0.269 e. The number of anilines is 2. The molecule has 0 saturated carbocycles. The van der Waals surface area contributed by atoms with E-state index in [2.05, 4.69) is 4.98 Å². The third-order valence-corrected chi connectivity index (χ3v) is 4.11. The number of carbonyl (C=O) groups excluding carboxylic acids is 1. The Morgan fingerprint density at radius 2 is 2.00 bits per heavy atom. The Morgan fingerprint density at radius 3 is 2.72 bits per heavy atom. The monoisotopic (exact) mass is 341 g/mol. The summed E-state index contributed by atoms with van der Waals surface area (Å²) in [5, 5.41) is 0. The third-order valence-electron chi connectivity index (χ3n) is 4.11. The molecule has 0 fully saturated rings. The van der Waals surface area contributed by atoms with Crippen LogP contribution in [0, 0.1) is 6.92 Å². The highest BCUT2D eigenvalue weighted by Gasteiger charge is 2.34. The second kappa shape index (κ2) is 7.42. The largest absolute Gasteiger partial charge is 0.494 e. The van der Waals surface area contributed by atoms with Gasteiger partial charge >= 0.3 is 0 Å². The number of nitrogen functional groups attached to an aromatic ring is 1. The first kappa shape index (κ1) is 17.1. The van der Waals surface area contributed by atoms with Crippen LogP contribution in [-0.2, 0) is 4.79 Å². The minimum Gasteiger partial charge on any atom is -0.494 e. The van der Waals surface area contributed by atoms with E-state index < -0.39 is 6.10 Å². The molecule has 1 aliphatic rings. The first-order chi connectivity index (χ1) is 12.1. The number of benzene rings is 1. The van der Waals surface area contributed by atoms with Crippen LogP contribution >= 0.6 is 0 Å². The van der Waals surface area contributed by atoms with Crippen LogP contribution in [0.15, 0.2) is 36.4 Å². The summed E-state index contributed by atoms with van der Waals surface area (Å²) in [5.74, 6) is 2.20. The first-order valence-corrected chi connectivity index (χ1v) is 8.52. The van der Waals surface area contributed by atoms with Crippen molar-refractivity contribution >= 4 is 17.5 Å². The van der Waals surface area contributed by atoms with Gasteiger partial charge in [-0.2, -0.15) is 0 Å². The van der Waals surface area contributed by atoms with Crippen LogP contribution in [-0.4, -0.2) is 30.1 Å². The molecule has 2 heterocycles. The van der Waals surface area contributed by atoms with E-state index in [0.29, 0.717) is 43.4 Å². The molecule has 1 atom stereocenters. The molecule has 0 spiro atoms. The van der Waals surface area contributed by atoms with E-state index in [1.165, 1.54) is 5.56 Å². The van der Waals surface area contributed by atoms with Gasteiger partial charge < -0.3 is 15.2 Å². The Kier molecular flexibility index (Phi) is 5.07. The van der Waals surface area contributed by atoms with Crippen LogP contribution in [0.4, 0.5) is 11.6 Å². The lowest BCUT2D eigenvalue weighted by molar-refractivity contribution is -0.126. The SMILES string of the molecule is CCC1Oc2ccc(N)nc2N(CCCOc2ccc(C)cc2)C1=O. The van der Waals surface area contributed by atoms with Crippen molar-refractivity contribution in [2.45, 2.75) is 32.8 Å². The van der Waals surface area contributed by atoms with Gasteiger partial charge in [-0.15, -0.1) is 0 Å². The van der Waals surface area contributed by atoms with Crippen LogP contribution in [0.1, 0.15) is 25.3 Å². The van der Waals surface area contributed by atoms with Gasteiger partial charge in [0.1, 0.15) is 11.6 Å². The predicted molar refractivity (Wildman–Crippen MR) is 97.0 cm³/mol. The van der Waals surface area contributed by atoms with Gasteiger partial charge in [0.25, 0.3) is 5.91 Å². The molecule has 1 unspecified atom stereocenters. The van der Waals surface area contributed by atoms with Crippen molar-refractivity contribution in [1.29, 1.82) is 0 Å². The number of aromatic nitrogens is 1. The molecule has 0 aliphatic carbocycles. The zero-order valence-corrected chi connectivity index (χ0v) is 14.6. The molecule has 0 saturated heterocycles. The summed E-state index contributed by atoms with van der Waals surface area (Å²) in [5.41, 5.74) is 6.96. The van der Waals surface area contributed by atoms with Gasteiger partial charge in [-0.05, 0) is 44.0 Å². The Morgan fingerprint density at radius 1 is 1.24 bits per heavy atom. The number of ether oxygens (including phenoxy) is 2. The lowest BCUT2D eigenvalue weighted by atomic mass is 10.2. The molecule has 1 amide bonds. The highest BCUT2D eigenvalue weighted by atomic mass is 16.5. The maximum Gasteiger partial charge on any atom is 0.269 e. The van der Waals surface area contributed by atoms with Gasteiger partial charge in [0.2, 0.25) is 0 Å². The number of nitrogens with zero attached hydrogens (tertiary/aromatic N) is 2. The Labute approximate surface area is 147 Å². The predicted octanol–water partition coefficient (Wildman–Crippen LogP) is 2.95. The zero-order valence-electron chi connectivity index (χ0n) is 14.6. The second-order valence-electron chi connectivity index (χ2n) is 6.08. The molecule has 3 rings (SSSR count). The van der Waals surface area contributed by atoms with Gasteiger partial charge in [0.15, 0.2) is 17.7 Å². The average Bonchev–Trinajstić information content (AvgIpc) is 2.61. The number of amides is 1. The molecule has 2 aromatic rings. The van der Waals surface area contributed by atoms with Crippen molar-refractivity contribution in [3.63, 3.8) is 0 Å². The maximum absolute atomic E-state index is 12.6. The number of fused-ring (bicyclic) bond motifs is 1. The standard InChI is InChI=1S/C19H23N3O3/c1-3-15-19(23)22(18-16(25-15)9-10-17(20)21-18)11-4-12-24-14-7-5-13(2)6-8-14/h5-10,15H,3-4,11-12H2,1-2H3,(H2,20,21). The lowest BCUT2D eigenvalue weighted by Crippen LogP contribution is -2.46. The molecular formula is C19H23N3O3. The number of pyridine rings is 1. The van der Waals surface area contributed by atoms with Crippen LogP contribution in [0.3, 0.4) is 0 Å². The van der Waals surface area contributed by atoms with Gasteiger partial charge in [-0.3, -0.25) is 9.69 Å². The van der Waals surface area contributed by atoms with E-state index in [-0.39, 0.29) is 5.91 Å². The Bertz CT molecular complexity index is 746. The quantitative estimate of drug-likeness (QED) is 0.817. The van der Waals surface area contributed by atoms with Gasteiger partial charge in [-0.1, -0.05) is 24.6 Å². The lowest BCUT2D eigenvalue weighted by Gasteiger charge is -2.33. The molecule has 6 nitrogen and oxygen atoms in total. The normalized spacial score (nSPS) is 16.3. The number of hydrogen-bond donors (Lipinski definition) is 1. The minimum absolute atomic E-state index is 0.0802. The molecule has 6 heteroatoms. The van der Waals surface area contributed by atoms with E-state index in [9.17, 15) is 4.79 Å². The van der Waals surface area contributed by atoms with Crippen LogP contribution in [0.2, 0.25) is 0 Å². The number of nitrogens with two attached hydrogens (primary N) is 1. The zero-order chi connectivity index (χ0) is 17.8. The summed E-state index contributed by atoms with van der Waals surface area (Å²) >= 11 is 0. The Balaban J connectivity index is 1.65. The second-order valence-corrected chi connectivity index (χ2v) is 6.08. The van der Waals surface area contributed by atoms with Crippen LogP contribution in [0.25, 0.3) is 0 Å². The number of aryl methyl sites for hydroxylation is 1. The fourth-order valence-electron chi connectivity index (χ4n) is 2.74. The van der Waals surface area contributed by atoms with Gasteiger partial charge in [0, 0.05) is 6.54 Å². The fraction of sp³-hybridized carbons (Fsp3) is 0.368. The fourth-order valence-corrected chi connectivity index (χ4v) is 2.74. The van der Waals surface area contributed by atoms with Crippen molar-refractivity contribution < 1.29 is 14.3 Å². The summed E-state index contributed by atoms with van der Waals surface area (Å²) in [7, 11) is 0. The molecule has 1 aromatic carbocycles. The van der Waals surface area contributed by atoms with Crippen molar-refractivity contribution in [3.8, 4) is 11.5 Å². The van der Waals surface area contributed by atoms with E-state index in [1.807, 2.05) is 38.1 Å². The maximum atomic E-state index is 12.6. The molecule has 1 aliphatic heterocycles. The summed E-state index contributed by atoms with van der Waals surface area (Å²) in [6, 6.07) is 11.4. The van der Waals surface area contributed by atoms with Crippen molar-refractivity contribution in [1.82, 2.24) is 4.98 Å². The molecule has 132 valence electrons. The molecule has 0 radical (unpaired) electrons. The highest BCUT2D eigenvalue weighted by molar-refractivity contribution is 5.99. The van der Waals surface area contributed by atoms with Crippen LogP contribution < -0.4 is 20.1 Å². The Hall–Kier alpha value is -2.76. The first-order valence-electron chi connectivity index (χ1n) is 8.52. The summed E-state index contributed by atoms with van der Waals surface area (Å²) in [4.78, 5) is 18.5. The molecule has 2 N–H and O–H groups in total. The van der Waals surface area contributed by atoms with E-state index in [0.717, 1.165) is 5.75 Å². The van der Waals surface area contributed by atoms with Gasteiger partial charge in [0.05, 0.1) is 6.61 Å². The molecule has 25 heavy (non-hydrogen) atoms. The number of carbonyl (C=O) groups is 1. The molecular weight excluding hydrogens is 318 g/mol. The van der Waals surface area contributed by atoms with Crippen molar-refractivity contribution in [2.24, 2.45) is 0 Å². The van der Waals surface area contributed by atoms with E-state index in [1.54, 1.807) is 17.0 Å². The summed E-state index contributed by atoms with van der Waals surface area (Å²) in [6.07, 6.45) is 0.821. The van der Waals surface area contributed by atoms with Crippen LogP contribution in [0.5, 0.6) is 11.5 Å². The molecule has 1 aromatic heterocycles. The van der Waals surface area contributed by atoms with Crippen molar-refractivity contribution in [2.75, 3.05) is 23.8 Å². The molecule has 0 bridgehead atoms. The third kappa shape index (κ3) is 3.84. The topological polar surface area (TPSA) is 77.7 Å². The highest BCUT2D eigenvalue weighted by Crippen LogP contribution is 2.33. The van der Waals surface area contributed by atoms with E-state index in [4.69, 9.17) is 15.2 Å². The number of hydrogen-bond acceptors (Lipinski definition) is 5. The summed E-state index contributed by atoms with van der Waals surface area (Å²) in [6.45, 7) is 4.99. The van der Waals surface area contributed by atoms with E-state index >= 15 is 0 Å². The van der Waals surface area contributed by atoms with Crippen molar-refractivity contribution in [3.05, 3.63) is 42.0 Å².